The minimum atomic E-state index is -0.649. The van der Waals surface area contributed by atoms with Gasteiger partial charge in [-0.25, -0.2) is 9.48 Å². The Morgan fingerprint density at radius 1 is 1.32 bits per heavy atom. The first kappa shape index (κ1) is 16.7. The molecule has 1 aliphatic rings. The van der Waals surface area contributed by atoms with E-state index >= 15 is 0 Å². The van der Waals surface area contributed by atoms with Crippen LogP contribution in [0.25, 0.3) is 0 Å². The van der Waals surface area contributed by atoms with E-state index in [9.17, 15) is 19.2 Å². The van der Waals surface area contributed by atoms with Gasteiger partial charge in [0.25, 0.3) is 11.1 Å². The minimum absolute atomic E-state index is 0.00181. The molecule has 3 heterocycles. The summed E-state index contributed by atoms with van der Waals surface area (Å²) in [6, 6.07) is 3.07. The molecule has 1 aliphatic heterocycles. The van der Waals surface area contributed by atoms with Crippen LogP contribution >= 0.6 is 0 Å². The van der Waals surface area contributed by atoms with Crippen molar-refractivity contribution in [3.63, 3.8) is 0 Å². The zero-order valence-electron chi connectivity index (χ0n) is 13.6. The fourth-order valence-electron chi connectivity index (χ4n) is 2.80. The number of aromatic amines is 2. The molecule has 0 radical (unpaired) electrons. The molecule has 0 bridgehead atoms. The monoisotopic (exact) mass is 346 g/mol. The van der Waals surface area contributed by atoms with Crippen molar-refractivity contribution in [2.24, 2.45) is 13.0 Å². The highest BCUT2D eigenvalue weighted by atomic mass is 16.2. The third kappa shape index (κ3) is 3.67. The normalized spacial score (nSPS) is 17.3. The first-order valence-electron chi connectivity index (χ1n) is 7.86. The molecule has 1 amide bonds. The molecule has 10 nitrogen and oxygen atoms in total. The van der Waals surface area contributed by atoms with E-state index in [0.29, 0.717) is 18.8 Å². The number of piperidine rings is 1. The second kappa shape index (κ2) is 6.75. The second-order valence-electron chi connectivity index (χ2n) is 5.91. The Labute approximate surface area is 141 Å². The van der Waals surface area contributed by atoms with Gasteiger partial charge in [0, 0.05) is 32.4 Å². The van der Waals surface area contributed by atoms with Crippen LogP contribution in [-0.4, -0.2) is 38.7 Å². The maximum atomic E-state index is 12.4. The van der Waals surface area contributed by atoms with Gasteiger partial charge in [0.15, 0.2) is 0 Å². The zero-order chi connectivity index (χ0) is 18.0. The average molecular weight is 346 g/mol. The van der Waals surface area contributed by atoms with Gasteiger partial charge in [-0.15, -0.1) is 0 Å². The molecule has 25 heavy (non-hydrogen) atoms. The maximum Gasteiger partial charge on any atom is 0.325 e. The molecule has 3 rings (SSSR count). The van der Waals surface area contributed by atoms with Gasteiger partial charge in [0.1, 0.15) is 11.5 Å². The molecule has 2 aromatic heterocycles. The summed E-state index contributed by atoms with van der Waals surface area (Å²) in [5, 5.41) is 6.75. The Balaban J connectivity index is 1.73. The first-order valence-corrected chi connectivity index (χ1v) is 7.86. The maximum absolute atomic E-state index is 12.4. The number of rotatable bonds is 3. The van der Waals surface area contributed by atoms with Gasteiger partial charge in [0.2, 0.25) is 5.91 Å². The Bertz CT molecular complexity index is 959. The molecule has 0 spiro atoms. The lowest BCUT2D eigenvalue weighted by atomic mass is 9.97. The molecule has 1 unspecified atom stereocenters. The first-order chi connectivity index (χ1) is 11.9. The molecule has 0 saturated carbocycles. The number of anilines is 2. The van der Waals surface area contributed by atoms with E-state index in [4.69, 9.17) is 0 Å². The fourth-order valence-corrected chi connectivity index (χ4v) is 2.80. The van der Waals surface area contributed by atoms with Crippen LogP contribution in [0.3, 0.4) is 0 Å². The van der Waals surface area contributed by atoms with Crippen LogP contribution in [0.4, 0.5) is 11.5 Å². The van der Waals surface area contributed by atoms with Crippen molar-refractivity contribution in [1.29, 1.82) is 0 Å². The fraction of sp³-hybridized carbons (Fsp3) is 0.400. The number of nitrogens with zero attached hydrogens (tertiary/aromatic N) is 3. The smallest absolute Gasteiger partial charge is 0.325 e. The number of aromatic nitrogens is 4. The number of hydrogen-bond donors (Lipinski definition) is 3. The quantitative estimate of drug-likeness (QED) is 0.654. The summed E-state index contributed by atoms with van der Waals surface area (Å²) >= 11 is 0. The zero-order valence-corrected chi connectivity index (χ0v) is 13.6. The minimum Gasteiger partial charge on any atom is -0.354 e. The number of carbonyl (C=O) groups excluding carboxylic acids is 1. The van der Waals surface area contributed by atoms with Crippen LogP contribution in [-0.2, 0) is 11.8 Å². The number of carbonyl (C=O) groups is 1. The van der Waals surface area contributed by atoms with E-state index in [1.807, 2.05) is 4.90 Å². The van der Waals surface area contributed by atoms with Crippen LogP contribution in [0.2, 0.25) is 0 Å². The van der Waals surface area contributed by atoms with E-state index in [-0.39, 0.29) is 23.1 Å². The standard InChI is InChI=1S/C15H18N6O4/c1-20-12(22)5-4-11(19-20)21-6-2-3-9(8-21)13(23)17-10-7-16-15(25)18-14(10)24/h4-5,7,9H,2-3,6,8H2,1H3,(H,17,23)(H2,16,18,24,25). The molecule has 1 saturated heterocycles. The predicted octanol–water partition coefficient (Wildman–Crippen LogP) is -0.988. The average Bonchev–Trinajstić information content (AvgIpc) is 2.60. The van der Waals surface area contributed by atoms with Crippen LogP contribution < -0.4 is 27.0 Å². The van der Waals surface area contributed by atoms with Crippen molar-refractivity contribution in [2.45, 2.75) is 12.8 Å². The number of amides is 1. The van der Waals surface area contributed by atoms with Crippen molar-refractivity contribution in [3.05, 3.63) is 49.5 Å². The topological polar surface area (TPSA) is 133 Å². The highest BCUT2D eigenvalue weighted by Crippen LogP contribution is 2.21. The third-order valence-corrected chi connectivity index (χ3v) is 4.14. The van der Waals surface area contributed by atoms with Crippen molar-refractivity contribution >= 4 is 17.4 Å². The molecular weight excluding hydrogens is 328 g/mol. The Morgan fingerprint density at radius 2 is 2.12 bits per heavy atom. The van der Waals surface area contributed by atoms with E-state index in [1.165, 1.54) is 16.9 Å². The summed E-state index contributed by atoms with van der Waals surface area (Å²) in [6.45, 7) is 1.16. The van der Waals surface area contributed by atoms with Gasteiger partial charge in [-0.1, -0.05) is 0 Å². The lowest BCUT2D eigenvalue weighted by molar-refractivity contribution is -0.120. The van der Waals surface area contributed by atoms with Crippen LogP contribution in [0.5, 0.6) is 0 Å². The van der Waals surface area contributed by atoms with E-state index in [1.54, 1.807) is 13.1 Å². The lowest BCUT2D eigenvalue weighted by Gasteiger charge is -2.32. The third-order valence-electron chi connectivity index (χ3n) is 4.14. The number of hydrogen-bond acceptors (Lipinski definition) is 6. The molecule has 2 aromatic rings. The summed E-state index contributed by atoms with van der Waals surface area (Å²) < 4.78 is 1.25. The highest BCUT2D eigenvalue weighted by Gasteiger charge is 2.27. The molecular formula is C15H18N6O4. The summed E-state index contributed by atoms with van der Waals surface area (Å²) in [7, 11) is 1.57. The van der Waals surface area contributed by atoms with Crippen LogP contribution in [0, 0.1) is 5.92 Å². The van der Waals surface area contributed by atoms with Crippen molar-refractivity contribution in [2.75, 3.05) is 23.3 Å². The van der Waals surface area contributed by atoms with E-state index in [0.717, 1.165) is 13.0 Å². The molecule has 0 aliphatic carbocycles. The Morgan fingerprint density at radius 3 is 2.84 bits per heavy atom. The van der Waals surface area contributed by atoms with E-state index < -0.39 is 11.2 Å². The summed E-state index contributed by atoms with van der Waals surface area (Å²) in [5.41, 5.74) is -1.48. The van der Waals surface area contributed by atoms with Crippen molar-refractivity contribution in [3.8, 4) is 0 Å². The molecule has 1 fully saturated rings. The Hall–Kier alpha value is -3.17. The highest BCUT2D eigenvalue weighted by molar-refractivity contribution is 5.92. The van der Waals surface area contributed by atoms with Gasteiger partial charge in [-0.3, -0.25) is 19.4 Å². The van der Waals surface area contributed by atoms with Crippen LogP contribution in [0.15, 0.2) is 32.7 Å². The summed E-state index contributed by atoms with van der Waals surface area (Å²) in [6.07, 6.45) is 2.63. The van der Waals surface area contributed by atoms with E-state index in [2.05, 4.69) is 20.4 Å². The Kier molecular flexibility index (Phi) is 4.50. The van der Waals surface area contributed by atoms with Crippen molar-refractivity contribution in [1.82, 2.24) is 19.7 Å². The van der Waals surface area contributed by atoms with Gasteiger partial charge >= 0.3 is 5.69 Å². The number of nitrogens with one attached hydrogen (secondary N) is 3. The molecule has 132 valence electrons. The van der Waals surface area contributed by atoms with Gasteiger partial charge < -0.3 is 15.2 Å². The second-order valence-corrected chi connectivity index (χ2v) is 5.91. The summed E-state index contributed by atoms with van der Waals surface area (Å²) in [4.78, 5) is 52.9. The summed E-state index contributed by atoms with van der Waals surface area (Å²) in [5.74, 6) is -0.00679. The van der Waals surface area contributed by atoms with Crippen LogP contribution in [0.1, 0.15) is 12.8 Å². The lowest BCUT2D eigenvalue weighted by Crippen LogP contribution is -2.42. The van der Waals surface area contributed by atoms with Gasteiger partial charge in [-0.05, 0) is 18.9 Å². The SMILES string of the molecule is Cn1nc(N2CCCC(C(=O)Nc3c[nH]c(=O)[nH]c3=O)C2)ccc1=O. The predicted molar refractivity (Wildman–Crippen MR) is 90.7 cm³/mol. The number of H-pyrrole nitrogens is 2. The van der Waals surface area contributed by atoms with Gasteiger partial charge in [0.05, 0.1) is 5.92 Å². The molecule has 0 aromatic carbocycles. The molecule has 10 heteroatoms. The van der Waals surface area contributed by atoms with Crippen molar-refractivity contribution < 1.29 is 4.79 Å². The molecule has 1 atom stereocenters. The molecule has 3 N–H and O–H groups in total. The largest absolute Gasteiger partial charge is 0.354 e. The number of aryl methyl sites for hydroxylation is 1. The van der Waals surface area contributed by atoms with Gasteiger partial charge in [-0.2, -0.15) is 5.10 Å².